The number of amides is 1. The molecule has 1 aliphatic carbocycles. The van der Waals surface area contributed by atoms with Crippen LogP contribution in [0.5, 0.6) is 0 Å². The lowest BCUT2D eigenvalue weighted by atomic mass is 9.90. The molecular formula is C18H23NO4. The van der Waals surface area contributed by atoms with E-state index in [4.69, 9.17) is 4.74 Å². The van der Waals surface area contributed by atoms with Crippen molar-refractivity contribution in [3.63, 3.8) is 0 Å². The predicted molar refractivity (Wildman–Crippen MR) is 85.3 cm³/mol. The molecule has 23 heavy (non-hydrogen) atoms. The van der Waals surface area contributed by atoms with Crippen LogP contribution in [0.4, 0.5) is 0 Å². The fraction of sp³-hybridized carbons (Fsp3) is 0.556. The van der Waals surface area contributed by atoms with Crippen LogP contribution in [0.2, 0.25) is 0 Å². The van der Waals surface area contributed by atoms with Crippen LogP contribution in [0.3, 0.4) is 0 Å². The number of hydrogen-bond donors (Lipinski definition) is 1. The Hall–Kier alpha value is -1.88. The summed E-state index contributed by atoms with van der Waals surface area (Å²) in [6, 6.07) is 5.46. The number of carboxylic acid groups (broad SMARTS) is 1. The number of methoxy groups -OCH3 is 1. The molecule has 1 N–H and O–H groups in total. The smallest absolute Gasteiger partial charge is 0.326 e. The van der Waals surface area contributed by atoms with Gasteiger partial charge in [-0.2, -0.15) is 0 Å². The van der Waals surface area contributed by atoms with E-state index in [1.54, 1.807) is 7.11 Å². The first-order chi connectivity index (χ1) is 11.1. The first kappa shape index (κ1) is 16.0. The van der Waals surface area contributed by atoms with Gasteiger partial charge in [0.15, 0.2) is 0 Å². The maximum absolute atomic E-state index is 12.6. The lowest BCUT2D eigenvalue weighted by Gasteiger charge is -2.22. The van der Waals surface area contributed by atoms with Gasteiger partial charge in [0.25, 0.3) is 0 Å². The van der Waals surface area contributed by atoms with E-state index in [0.29, 0.717) is 13.0 Å². The normalized spacial score (nSPS) is 23.6. The number of rotatable bonds is 4. The van der Waals surface area contributed by atoms with E-state index in [-0.39, 0.29) is 18.4 Å². The Bertz CT molecular complexity index is 613. The van der Waals surface area contributed by atoms with E-state index in [1.807, 2.05) is 6.07 Å². The molecule has 124 valence electrons. The quantitative estimate of drug-likeness (QED) is 0.920. The first-order valence-electron chi connectivity index (χ1n) is 8.24. The second-order valence-electron chi connectivity index (χ2n) is 6.48. The molecule has 0 bridgehead atoms. The summed E-state index contributed by atoms with van der Waals surface area (Å²) in [5.41, 5.74) is 3.70. The Kier molecular flexibility index (Phi) is 4.66. The molecule has 1 aromatic rings. The minimum Gasteiger partial charge on any atom is -0.480 e. The van der Waals surface area contributed by atoms with E-state index < -0.39 is 12.0 Å². The average Bonchev–Trinajstić information content (AvgIpc) is 2.99. The summed E-state index contributed by atoms with van der Waals surface area (Å²) in [6.07, 6.45) is 5.06. The van der Waals surface area contributed by atoms with Crippen molar-refractivity contribution in [1.29, 1.82) is 0 Å². The van der Waals surface area contributed by atoms with E-state index in [1.165, 1.54) is 28.9 Å². The van der Waals surface area contributed by atoms with Crippen molar-refractivity contribution in [3.05, 3.63) is 34.9 Å². The standard InChI is InChI=1S/C18H23NO4/c1-23-15-10-16(18(21)22)19(11-15)17(20)9-12-6-7-13-4-2-3-5-14(13)8-12/h6-8,15-16H,2-5,9-11H2,1H3,(H,21,22). The number of aryl methyl sites for hydroxylation is 2. The lowest BCUT2D eigenvalue weighted by molar-refractivity contribution is -0.148. The summed E-state index contributed by atoms with van der Waals surface area (Å²) in [5.74, 6) is -1.09. The number of aliphatic carboxylic acids is 1. The molecule has 2 unspecified atom stereocenters. The van der Waals surface area contributed by atoms with Gasteiger partial charge < -0.3 is 14.7 Å². The van der Waals surface area contributed by atoms with Crippen molar-refractivity contribution in [2.45, 2.75) is 50.7 Å². The number of carboxylic acids is 1. The highest BCUT2D eigenvalue weighted by Crippen LogP contribution is 2.24. The molecule has 1 heterocycles. The van der Waals surface area contributed by atoms with Crippen molar-refractivity contribution >= 4 is 11.9 Å². The molecule has 5 nitrogen and oxygen atoms in total. The maximum Gasteiger partial charge on any atom is 0.326 e. The number of nitrogens with zero attached hydrogens (tertiary/aromatic N) is 1. The molecule has 1 amide bonds. The first-order valence-corrected chi connectivity index (χ1v) is 8.24. The Balaban J connectivity index is 1.72. The van der Waals surface area contributed by atoms with Crippen molar-refractivity contribution in [2.24, 2.45) is 0 Å². The van der Waals surface area contributed by atoms with Gasteiger partial charge in [-0.25, -0.2) is 4.79 Å². The van der Waals surface area contributed by atoms with Crippen LogP contribution < -0.4 is 0 Å². The van der Waals surface area contributed by atoms with E-state index in [9.17, 15) is 14.7 Å². The predicted octanol–water partition coefficient (Wildman–Crippen LogP) is 1.81. The number of hydrogen-bond acceptors (Lipinski definition) is 3. The van der Waals surface area contributed by atoms with Crippen LogP contribution >= 0.6 is 0 Å². The highest BCUT2D eigenvalue weighted by Gasteiger charge is 2.39. The van der Waals surface area contributed by atoms with E-state index >= 15 is 0 Å². The Morgan fingerprint density at radius 1 is 1.26 bits per heavy atom. The third kappa shape index (κ3) is 3.39. The van der Waals surface area contributed by atoms with Gasteiger partial charge in [-0.1, -0.05) is 18.2 Å². The molecule has 1 saturated heterocycles. The number of likely N-dealkylation sites (tertiary alicyclic amines) is 1. The van der Waals surface area contributed by atoms with Gasteiger partial charge in [-0.05, 0) is 42.4 Å². The molecule has 0 aromatic heterocycles. The molecule has 0 saturated carbocycles. The number of carbonyl (C=O) groups excluding carboxylic acids is 1. The van der Waals surface area contributed by atoms with Gasteiger partial charge in [0.2, 0.25) is 5.91 Å². The Morgan fingerprint density at radius 3 is 2.70 bits per heavy atom. The molecule has 2 atom stereocenters. The largest absolute Gasteiger partial charge is 0.480 e. The number of carbonyl (C=O) groups is 2. The van der Waals surface area contributed by atoms with E-state index in [2.05, 4.69) is 12.1 Å². The Morgan fingerprint density at radius 2 is 2.00 bits per heavy atom. The summed E-state index contributed by atoms with van der Waals surface area (Å²) in [7, 11) is 1.56. The third-order valence-corrected chi connectivity index (χ3v) is 4.97. The fourth-order valence-corrected chi connectivity index (χ4v) is 3.65. The van der Waals surface area contributed by atoms with Crippen molar-refractivity contribution in [1.82, 2.24) is 4.90 Å². The van der Waals surface area contributed by atoms with Crippen molar-refractivity contribution in [2.75, 3.05) is 13.7 Å². The second-order valence-corrected chi connectivity index (χ2v) is 6.48. The zero-order valence-electron chi connectivity index (χ0n) is 13.5. The average molecular weight is 317 g/mol. The van der Waals surface area contributed by atoms with Crippen LogP contribution in [0.25, 0.3) is 0 Å². The topological polar surface area (TPSA) is 66.8 Å². The minimum absolute atomic E-state index is 0.132. The molecule has 5 heteroatoms. The van der Waals surface area contributed by atoms with Crippen LogP contribution in [0, 0.1) is 0 Å². The third-order valence-electron chi connectivity index (χ3n) is 4.97. The van der Waals surface area contributed by atoms with Gasteiger partial charge >= 0.3 is 5.97 Å². The highest BCUT2D eigenvalue weighted by molar-refractivity contribution is 5.85. The number of benzene rings is 1. The summed E-state index contributed by atoms with van der Waals surface area (Å²) in [6.45, 7) is 0.358. The van der Waals surface area contributed by atoms with E-state index in [0.717, 1.165) is 18.4 Å². The second kappa shape index (κ2) is 6.71. The zero-order valence-corrected chi connectivity index (χ0v) is 13.5. The summed E-state index contributed by atoms with van der Waals surface area (Å²) < 4.78 is 5.24. The molecular weight excluding hydrogens is 294 g/mol. The summed E-state index contributed by atoms with van der Waals surface area (Å²) >= 11 is 0. The SMILES string of the molecule is COC1CC(C(=O)O)N(C(=O)Cc2ccc3c(c2)CCCC3)C1. The Labute approximate surface area is 136 Å². The molecule has 1 aromatic carbocycles. The van der Waals surface area contributed by atoms with Crippen molar-refractivity contribution < 1.29 is 19.4 Å². The zero-order chi connectivity index (χ0) is 16.4. The van der Waals surface area contributed by atoms with Crippen LogP contribution in [-0.4, -0.2) is 47.7 Å². The minimum atomic E-state index is -0.955. The summed E-state index contributed by atoms with van der Waals surface area (Å²) in [4.78, 5) is 25.4. The highest BCUT2D eigenvalue weighted by atomic mass is 16.5. The number of ether oxygens (including phenoxy) is 1. The van der Waals surface area contributed by atoms with Gasteiger partial charge in [0.1, 0.15) is 6.04 Å². The molecule has 2 aliphatic rings. The molecule has 1 fully saturated rings. The molecule has 0 spiro atoms. The fourth-order valence-electron chi connectivity index (χ4n) is 3.65. The van der Waals surface area contributed by atoms with Crippen LogP contribution in [0.15, 0.2) is 18.2 Å². The number of fused-ring (bicyclic) bond motifs is 1. The monoisotopic (exact) mass is 317 g/mol. The van der Waals surface area contributed by atoms with Gasteiger partial charge in [-0.3, -0.25) is 4.79 Å². The van der Waals surface area contributed by atoms with Crippen molar-refractivity contribution in [3.8, 4) is 0 Å². The van der Waals surface area contributed by atoms with Crippen LogP contribution in [-0.2, 0) is 33.6 Å². The molecule has 1 aliphatic heterocycles. The maximum atomic E-state index is 12.6. The van der Waals surface area contributed by atoms with Gasteiger partial charge in [-0.15, -0.1) is 0 Å². The molecule has 3 rings (SSSR count). The molecule has 0 radical (unpaired) electrons. The van der Waals surface area contributed by atoms with Gasteiger partial charge in [0, 0.05) is 20.1 Å². The van der Waals surface area contributed by atoms with Crippen LogP contribution in [0.1, 0.15) is 36.0 Å². The summed E-state index contributed by atoms with van der Waals surface area (Å²) in [5, 5.41) is 9.32. The van der Waals surface area contributed by atoms with Gasteiger partial charge in [0.05, 0.1) is 12.5 Å². The lowest BCUT2D eigenvalue weighted by Crippen LogP contribution is -2.41.